The van der Waals surface area contributed by atoms with Gasteiger partial charge in [0.15, 0.2) is 0 Å². The minimum atomic E-state index is -1.45. The third-order valence-electron chi connectivity index (χ3n) is 2.52. The van der Waals surface area contributed by atoms with Crippen molar-refractivity contribution in [2.24, 2.45) is 5.73 Å². The number of carboxylic acid groups (broad SMARTS) is 1. The van der Waals surface area contributed by atoms with E-state index in [9.17, 15) is 19.2 Å². The normalized spacial score (nSPS) is 14.4. The smallest absolute Gasteiger partial charge is 0.328 e. The van der Waals surface area contributed by atoms with E-state index < -0.39 is 55.0 Å². The summed E-state index contributed by atoms with van der Waals surface area (Å²) in [6.45, 7) is 0.120. The highest BCUT2D eigenvalue weighted by Crippen LogP contribution is 1.88. The average Bonchev–Trinajstić information content (AvgIpc) is 2.48. The van der Waals surface area contributed by atoms with Crippen molar-refractivity contribution in [3.63, 3.8) is 0 Å². The maximum Gasteiger partial charge on any atom is 0.328 e. The summed E-state index contributed by atoms with van der Waals surface area (Å²) < 4.78 is 0. The summed E-state index contributed by atoms with van der Waals surface area (Å²) >= 11 is 3.85. The summed E-state index contributed by atoms with van der Waals surface area (Å²) in [4.78, 5) is 45.1. The number of hydrogen-bond donors (Lipinski definition) is 7. The monoisotopic (exact) mass is 336 g/mol. The molecule has 0 aliphatic heterocycles. The van der Waals surface area contributed by atoms with E-state index in [4.69, 9.17) is 15.9 Å². The third kappa shape index (κ3) is 7.24. The molecule has 0 spiro atoms. The molecule has 22 heavy (non-hydrogen) atoms. The average molecular weight is 336 g/mol. The highest BCUT2D eigenvalue weighted by molar-refractivity contribution is 7.80. The lowest BCUT2D eigenvalue weighted by Crippen LogP contribution is -2.53. The number of nitrogens with two attached hydrogens (primary N) is 1. The topological polar surface area (TPSA) is 171 Å². The number of carboxylic acids is 1. The summed E-state index contributed by atoms with van der Waals surface area (Å²) in [5.41, 5.74) is 5.42. The van der Waals surface area contributed by atoms with Gasteiger partial charge in [-0.25, -0.2) is 4.79 Å². The molecule has 0 bridgehead atoms. The molecule has 11 heteroatoms. The van der Waals surface area contributed by atoms with Gasteiger partial charge in [-0.15, -0.1) is 0 Å². The number of thiol groups is 1. The van der Waals surface area contributed by atoms with Crippen molar-refractivity contribution in [1.82, 2.24) is 16.0 Å². The van der Waals surface area contributed by atoms with E-state index in [1.165, 1.54) is 6.92 Å². The molecule has 0 rings (SSSR count). The van der Waals surface area contributed by atoms with Crippen LogP contribution in [-0.4, -0.2) is 70.9 Å². The minimum Gasteiger partial charge on any atom is -0.480 e. The van der Waals surface area contributed by atoms with Crippen molar-refractivity contribution in [2.45, 2.75) is 25.0 Å². The highest BCUT2D eigenvalue weighted by atomic mass is 32.1. The molecule has 0 heterocycles. The Kier molecular flexibility index (Phi) is 9.13. The Labute approximate surface area is 132 Å². The summed E-state index contributed by atoms with van der Waals surface area (Å²) in [6.07, 6.45) is 0. The molecule has 0 saturated heterocycles. The Morgan fingerprint density at radius 1 is 1.18 bits per heavy atom. The van der Waals surface area contributed by atoms with E-state index in [1.807, 2.05) is 5.32 Å². The predicted molar refractivity (Wildman–Crippen MR) is 79.1 cm³/mol. The molecule has 0 aliphatic carbocycles. The van der Waals surface area contributed by atoms with Crippen LogP contribution in [0.4, 0.5) is 0 Å². The highest BCUT2D eigenvalue weighted by Gasteiger charge is 2.21. The number of amides is 3. The van der Waals surface area contributed by atoms with Crippen LogP contribution in [0.2, 0.25) is 0 Å². The van der Waals surface area contributed by atoms with Gasteiger partial charge in [-0.3, -0.25) is 14.4 Å². The molecule has 0 aromatic rings. The molecule has 10 nitrogen and oxygen atoms in total. The molecule has 3 unspecified atom stereocenters. The minimum absolute atomic E-state index is 0.111. The van der Waals surface area contributed by atoms with Gasteiger partial charge in [0.05, 0.1) is 19.2 Å². The summed E-state index contributed by atoms with van der Waals surface area (Å²) in [6, 6.07) is -3.24. The molecule has 0 aromatic carbocycles. The number of carbonyl (C=O) groups excluding carboxylic acids is 3. The molecule has 126 valence electrons. The molecule has 7 N–H and O–H groups in total. The molecule has 3 amide bonds. The number of aliphatic carboxylic acids is 1. The molecule has 0 aliphatic rings. The van der Waals surface area contributed by atoms with E-state index in [2.05, 4.69) is 23.3 Å². The van der Waals surface area contributed by atoms with Crippen LogP contribution in [0.25, 0.3) is 0 Å². The number of nitrogens with one attached hydrogen (secondary N) is 3. The quantitative estimate of drug-likeness (QED) is 0.213. The Hall–Kier alpha value is -1.85. The maximum atomic E-state index is 11.7. The van der Waals surface area contributed by atoms with Gasteiger partial charge in [0.1, 0.15) is 12.1 Å². The van der Waals surface area contributed by atoms with E-state index in [1.54, 1.807) is 0 Å². The van der Waals surface area contributed by atoms with Crippen molar-refractivity contribution in [1.29, 1.82) is 0 Å². The van der Waals surface area contributed by atoms with Crippen molar-refractivity contribution in [2.75, 3.05) is 18.9 Å². The van der Waals surface area contributed by atoms with Crippen LogP contribution in [0, 0.1) is 0 Å². The SMILES string of the molecule is CC(NC(=O)C(N)CS)C(=O)NCC(=O)NC(CO)C(=O)O. The van der Waals surface area contributed by atoms with Crippen LogP contribution in [0.3, 0.4) is 0 Å². The first-order valence-electron chi connectivity index (χ1n) is 6.30. The zero-order valence-corrected chi connectivity index (χ0v) is 12.8. The number of rotatable bonds is 9. The lowest BCUT2D eigenvalue weighted by Gasteiger charge is -2.17. The van der Waals surface area contributed by atoms with Crippen molar-refractivity contribution in [3.8, 4) is 0 Å². The standard InChI is InChI=1S/C11H20N4O6S/c1-5(14-10(19)6(12)4-22)9(18)13-2-8(17)15-7(3-16)11(20)21/h5-7,16,22H,2-4,12H2,1H3,(H,13,18)(H,14,19)(H,15,17)(H,20,21). The van der Waals surface area contributed by atoms with Gasteiger partial charge in [0.2, 0.25) is 17.7 Å². The first-order chi connectivity index (χ1) is 10.2. The number of hydrogen-bond acceptors (Lipinski definition) is 7. The number of carbonyl (C=O) groups is 4. The summed E-state index contributed by atoms with van der Waals surface area (Å²) in [5, 5.41) is 23.9. The maximum absolute atomic E-state index is 11.7. The lowest BCUT2D eigenvalue weighted by atomic mass is 10.2. The fourth-order valence-electron chi connectivity index (χ4n) is 1.22. The second-order valence-electron chi connectivity index (χ2n) is 4.38. The van der Waals surface area contributed by atoms with Crippen LogP contribution < -0.4 is 21.7 Å². The van der Waals surface area contributed by atoms with Gasteiger partial charge < -0.3 is 31.9 Å². The molecular weight excluding hydrogens is 316 g/mol. The largest absolute Gasteiger partial charge is 0.480 e. The third-order valence-corrected chi connectivity index (χ3v) is 2.92. The predicted octanol–water partition coefficient (Wildman–Crippen LogP) is -3.57. The molecule has 0 radical (unpaired) electrons. The Morgan fingerprint density at radius 3 is 2.23 bits per heavy atom. The van der Waals surface area contributed by atoms with Gasteiger partial charge in [-0.2, -0.15) is 12.6 Å². The summed E-state index contributed by atoms with van der Waals surface area (Å²) in [5.74, 6) is -3.29. The van der Waals surface area contributed by atoms with Crippen LogP contribution >= 0.6 is 12.6 Å². The fourth-order valence-corrected chi connectivity index (χ4v) is 1.39. The molecule has 0 saturated carbocycles. The van der Waals surface area contributed by atoms with Crippen LogP contribution in [0.15, 0.2) is 0 Å². The molecular formula is C11H20N4O6S. The number of aliphatic hydroxyl groups is 1. The van der Waals surface area contributed by atoms with Crippen molar-refractivity contribution < 1.29 is 29.4 Å². The van der Waals surface area contributed by atoms with E-state index >= 15 is 0 Å². The van der Waals surface area contributed by atoms with Gasteiger partial charge >= 0.3 is 5.97 Å². The lowest BCUT2D eigenvalue weighted by molar-refractivity contribution is -0.142. The molecule has 0 aromatic heterocycles. The molecule has 3 atom stereocenters. The van der Waals surface area contributed by atoms with Crippen LogP contribution in [-0.2, 0) is 19.2 Å². The van der Waals surface area contributed by atoms with Gasteiger partial charge in [0.25, 0.3) is 0 Å². The Bertz CT molecular complexity index is 433. The van der Waals surface area contributed by atoms with Crippen LogP contribution in [0.1, 0.15) is 6.92 Å². The van der Waals surface area contributed by atoms with Gasteiger partial charge in [-0.1, -0.05) is 0 Å². The Balaban J connectivity index is 4.24. The zero-order valence-electron chi connectivity index (χ0n) is 11.9. The fraction of sp³-hybridized carbons (Fsp3) is 0.636. The second kappa shape index (κ2) is 9.97. The first kappa shape index (κ1) is 20.1. The van der Waals surface area contributed by atoms with E-state index in [-0.39, 0.29) is 5.75 Å². The van der Waals surface area contributed by atoms with Crippen LogP contribution in [0.5, 0.6) is 0 Å². The number of aliphatic hydroxyl groups excluding tert-OH is 1. The van der Waals surface area contributed by atoms with Gasteiger partial charge in [-0.05, 0) is 6.92 Å². The first-order valence-corrected chi connectivity index (χ1v) is 6.93. The van der Waals surface area contributed by atoms with E-state index in [0.29, 0.717) is 0 Å². The van der Waals surface area contributed by atoms with Crippen molar-refractivity contribution >= 4 is 36.3 Å². The van der Waals surface area contributed by atoms with Crippen molar-refractivity contribution in [3.05, 3.63) is 0 Å². The van der Waals surface area contributed by atoms with Gasteiger partial charge in [0, 0.05) is 5.75 Å². The molecule has 0 fully saturated rings. The summed E-state index contributed by atoms with van der Waals surface area (Å²) in [7, 11) is 0. The second-order valence-corrected chi connectivity index (χ2v) is 4.74. The van der Waals surface area contributed by atoms with E-state index in [0.717, 1.165) is 0 Å². The zero-order chi connectivity index (χ0) is 17.3. The Morgan fingerprint density at radius 2 is 1.77 bits per heavy atom.